The summed E-state index contributed by atoms with van der Waals surface area (Å²) in [4.78, 5) is 11.2. The normalized spacial score (nSPS) is 11.2. The van der Waals surface area contributed by atoms with Crippen LogP contribution in [0.5, 0.6) is 0 Å². The van der Waals surface area contributed by atoms with Crippen LogP contribution in [0.1, 0.15) is 0 Å². The van der Waals surface area contributed by atoms with Crippen LogP contribution in [0.2, 0.25) is 0 Å². The second kappa shape index (κ2) is 7.74. The van der Waals surface area contributed by atoms with Crippen LogP contribution in [0.3, 0.4) is 0 Å². The molecule has 0 N–H and O–H groups in total. The van der Waals surface area contributed by atoms with Gasteiger partial charge in [0.1, 0.15) is 18.2 Å². The number of fused-ring (bicyclic) bond motifs is 3. The van der Waals surface area contributed by atoms with Crippen molar-refractivity contribution in [2.24, 2.45) is 0 Å². The second-order valence-corrected chi connectivity index (χ2v) is 8.77. The molecule has 0 atom stereocenters. The first-order chi connectivity index (χ1) is 15.8. The summed E-state index contributed by atoms with van der Waals surface area (Å²) >= 11 is 1.68. The second-order valence-electron chi connectivity index (χ2n) is 7.74. The molecule has 0 saturated carbocycles. The quantitative estimate of drug-likeness (QED) is 0.298. The maximum Gasteiger partial charge on any atom is 0.143 e. The van der Waals surface area contributed by atoms with Crippen molar-refractivity contribution in [1.82, 2.24) is 9.97 Å². The Morgan fingerprint density at radius 3 is 1.84 bits per heavy atom. The summed E-state index contributed by atoms with van der Waals surface area (Å²) in [6.45, 7) is 0. The van der Waals surface area contributed by atoms with E-state index in [1.807, 2.05) is 30.3 Å². The van der Waals surface area contributed by atoms with E-state index >= 15 is 0 Å². The highest BCUT2D eigenvalue weighted by atomic mass is 32.1. The van der Waals surface area contributed by atoms with E-state index in [-0.39, 0.29) is 0 Å². The highest BCUT2D eigenvalue weighted by Gasteiger charge is 2.16. The van der Waals surface area contributed by atoms with E-state index in [9.17, 15) is 0 Å². The van der Waals surface area contributed by atoms with Gasteiger partial charge in [-0.2, -0.15) is 0 Å². The standard InChI is InChI=1S/C28H17BN2S/c29-22-16-14-21(15-17-22)25-26(20-12-10-19(11-13-20)18-6-2-1-3-7-18)31-28-27(30-25)23-8-4-5-9-24(23)32-28/h1-17H. The number of thiophene rings is 1. The molecule has 0 saturated heterocycles. The number of aromatic nitrogens is 2. The first kappa shape index (κ1) is 19.0. The molecule has 2 heterocycles. The third-order valence-corrected chi connectivity index (χ3v) is 6.72. The van der Waals surface area contributed by atoms with Gasteiger partial charge in [-0.25, -0.2) is 9.97 Å². The topological polar surface area (TPSA) is 25.8 Å². The zero-order valence-corrected chi connectivity index (χ0v) is 18.0. The van der Waals surface area contributed by atoms with Crippen molar-refractivity contribution in [2.45, 2.75) is 0 Å². The highest BCUT2D eigenvalue weighted by Crippen LogP contribution is 2.37. The zero-order chi connectivity index (χ0) is 21.5. The van der Waals surface area contributed by atoms with Crippen molar-refractivity contribution in [3.8, 4) is 33.6 Å². The van der Waals surface area contributed by atoms with E-state index in [0.29, 0.717) is 0 Å². The Morgan fingerprint density at radius 1 is 0.531 bits per heavy atom. The molecule has 148 valence electrons. The third-order valence-electron chi connectivity index (χ3n) is 5.66. The van der Waals surface area contributed by atoms with Gasteiger partial charge in [-0.1, -0.05) is 103 Å². The van der Waals surface area contributed by atoms with Gasteiger partial charge in [0.15, 0.2) is 0 Å². The van der Waals surface area contributed by atoms with Crippen molar-refractivity contribution < 1.29 is 0 Å². The number of benzene rings is 4. The fourth-order valence-electron chi connectivity index (χ4n) is 4.02. The average molecular weight is 424 g/mol. The van der Waals surface area contributed by atoms with Crippen LogP contribution in [-0.2, 0) is 0 Å². The Kier molecular flexibility index (Phi) is 4.59. The molecule has 2 nitrogen and oxygen atoms in total. The summed E-state index contributed by atoms with van der Waals surface area (Å²) in [5, 5.41) is 1.14. The molecule has 0 unspecified atom stereocenters. The van der Waals surface area contributed by atoms with Gasteiger partial charge in [0.05, 0.1) is 11.4 Å². The van der Waals surface area contributed by atoms with Gasteiger partial charge in [0.25, 0.3) is 0 Å². The molecular weight excluding hydrogens is 407 g/mol. The van der Waals surface area contributed by atoms with Crippen LogP contribution in [0.15, 0.2) is 103 Å². The fraction of sp³-hybridized carbons (Fsp3) is 0. The number of rotatable bonds is 3. The molecule has 4 aromatic carbocycles. The largest absolute Gasteiger partial charge is 0.242 e. The molecule has 6 aromatic rings. The highest BCUT2D eigenvalue weighted by molar-refractivity contribution is 7.25. The molecule has 0 amide bonds. The summed E-state index contributed by atoms with van der Waals surface area (Å²) in [5.41, 5.74) is 7.86. The van der Waals surface area contributed by atoms with E-state index in [2.05, 4.69) is 72.8 Å². The van der Waals surface area contributed by atoms with Crippen molar-refractivity contribution in [1.29, 1.82) is 0 Å². The minimum atomic E-state index is 0.734. The van der Waals surface area contributed by atoms with Gasteiger partial charge in [0.2, 0.25) is 0 Å². The minimum absolute atomic E-state index is 0.734. The number of hydrogen-bond donors (Lipinski definition) is 0. The average Bonchev–Trinajstić information content (AvgIpc) is 3.22. The molecule has 2 radical (unpaired) electrons. The Balaban J connectivity index is 1.56. The lowest BCUT2D eigenvalue weighted by atomic mass is 9.93. The molecule has 0 aliphatic rings. The van der Waals surface area contributed by atoms with E-state index in [0.717, 1.165) is 43.7 Å². The summed E-state index contributed by atoms with van der Waals surface area (Å²) in [5.74, 6) is 0. The van der Waals surface area contributed by atoms with Gasteiger partial charge < -0.3 is 0 Å². The Hall–Kier alpha value is -3.76. The van der Waals surface area contributed by atoms with Crippen molar-refractivity contribution >= 4 is 45.1 Å². The molecule has 0 aliphatic carbocycles. The minimum Gasteiger partial charge on any atom is -0.242 e. The molecule has 32 heavy (non-hydrogen) atoms. The van der Waals surface area contributed by atoms with E-state index in [1.165, 1.54) is 15.8 Å². The molecule has 6 rings (SSSR count). The first-order valence-electron chi connectivity index (χ1n) is 10.5. The predicted octanol–water partition coefficient (Wildman–Crippen LogP) is 6.64. The molecule has 0 bridgehead atoms. The van der Waals surface area contributed by atoms with Gasteiger partial charge in [-0.05, 0) is 17.2 Å². The van der Waals surface area contributed by atoms with Gasteiger partial charge in [-0.15, -0.1) is 11.3 Å². The Morgan fingerprint density at radius 2 is 1.09 bits per heavy atom. The molecule has 2 aromatic heterocycles. The summed E-state index contributed by atoms with van der Waals surface area (Å²) in [6.07, 6.45) is 0. The lowest BCUT2D eigenvalue weighted by molar-refractivity contribution is 1.32. The monoisotopic (exact) mass is 424 g/mol. The molecular formula is C28H17BN2S. The SMILES string of the molecule is [B]c1ccc(-c2nc3c(nc2-c2ccc(-c4ccccc4)cc2)sc2ccccc23)cc1. The van der Waals surface area contributed by atoms with Crippen molar-refractivity contribution in [3.63, 3.8) is 0 Å². The van der Waals surface area contributed by atoms with Crippen molar-refractivity contribution in [2.75, 3.05) is 0 Å². The molecule has 4 heteroatoms. The maximum atomic E-state index is 5.94. The van der Waals surface area contributed by atoms with Crippen LogP contribution < -0.4 is 5.46 Å². The van der Waals surface area contributed by atoms with Crippen LogP contribution >= 0.6 is 11.3 Å². The Labute approximate surface area is 191 Å². The first-order valence-corrected chi connectivity index (χ1v) is 11.3. The predicted molar refractivity (Wildman–Crippen MR) is 137 cm³/mol. The molecule has 0 aliphatic heterocycles. The third kappa shape index (κ3) is 3.30. The number of hydrogen-bond acceptors (Lipinski definition) is 3. The summed E-state index contributed by atoms with van der Waals surface area (Å²) < 4.78 is 1.20. The van der Waals surface area contributed by atoms with E-state index in [4.69, 9.17) is 17.8 Å². The van der Waals surface area contributed by atoms with Crippen molar-refractivity contribution in [3.05, 3.63) is 103 Å². The smallest absolute Gasteiger partial charge is 0.143 e. The fourth-order valence-corrected chi connectivity index (χ4v) is 5.04. The number of nitrogens with zero attached hydrogens (tertiary/aromatic N) is 2. The lowest BCUT2D eigenvalue weighted by Crippen LogP contribution is -2.00. The van der Waals surface area contributed by atoms with Crippen LogP contribution in [0, 0.1) is 0 Å². The lowest BCUT2D eigenvalue weighted by Gasteiger charge is -2.10. The van der Waals surface area contributed by atoms with Gasteiger partial charge >= 0.3 is 0 Å². The van der Waals surface area contributed by atoms with Crippen LogP contribution in [0.25, 0.3) is 54.1 Å². The maximum absolute atomic E-state index is 5.94. The molecule has 0 spiro atoms. The zero-order valence-electron chi connectivity index (χ0n) is 17.2. The Bertz CT molecular complexity index is 1550. The van der Waals surface area contributed by atoms with Gasteiger partial charge in [-0.3, -0.25) is 0 Å². The summed E-state index contributed by atoms with van der Waals surface area (Å²) in [6, 6.07) is 35.2. The van der Waals surface area contributed by atoms with Crippen LogP contribution in [-0.4, -0.2) is 17.8 Å². The summed E-state index contributed by atoms with van der Waals surface area (Å²) in [7, 11) is 5.94. The van der Waals surface area contributed by atoms with E-state index in [1.54, 1.807) is 11.3 Å². The van der Waals surface area contributed by atoms with Crippen LogP contribution in [0.4, 0.5) is 0 Å². The van der Waals surface area contributed by atoms with Gasteiger partial charge in [0, 0.05) is 21.2 Å². The molecule has 0 fully saturated rings. The van der Waals surface area contributed by atoms with E-state index < -0.39 is 0 Å².